The van der Waals surface area contributed by atoms with Gasteiger partial charge in [-0.05, 0) is 35.8 Å². The van der Waals surface area contributed by atoms with Crippen molar-refractivity contribution in [3.63, 3.8) is 0 Å². The summed E-state index contributed by atoms with van der Waals surface area (Å²) in [7, 11) is 1.61. The summed E-state index contributed by atoms with van der Waals surface area (Å²) >= 11 is 0. The summed E-state index contributed by atoms with van der Waals surface area (Å²) in [6.45, 7) is 2.32. The molecule has 0 unspecified atom stereocenters. The monoisotopic (exact) mass is 398 g/mol. The molecule has 5 heteroatoms. The predicted molar refractivity (Wildman–Crippen MR) is 118 cm³/mol. The van der Waals surface area contributed by atoms with E-state index in [1.54, 1.807) is 31.8 Å². The van der Waals surface area contributed by atoms with E-state index in [-0.39, 0.29) is 5.91 Å². The van der Waals surface area contributed by atoms with Crippen LogP contribution in [0.15, 0.2) is 83.7 Å². The average Bonchev–Trinajstić information content (AvgIpc) is 3.21. The lowest BCUT2D eigenvalue weighted by Crippen LogP contribution is -2.20. The number of nitrogens with one attached hydrogen (secondary N) is 1. The second-order valence-electron chi connectivity index (χ2n) is 6.97. The molecule has 4 rings (SSSR count). The van der Waals surface area contributed by atoms with E-state index >= 15 is 0 Å². The van der Waals surface area contributed by atoms with Gasteiger partial charge in [-0.1, -0.05) is 36.4 Å². The smallest absolute Gasteiger partial charge is 0.244 e. The Bertz CT molecular complexity index is 1200. The minimum atomic E-state index is -0.172. The average molecular weight is 398 g/mol. The van der Waals surface area contributed by atoms with Crippen LogP contribution in [0, 0.1) is 0 Å². The molecule has 5 nitrogen and oxygen atoms in total. The van der Waals surface area contributed by atoms with E-state index in [4.69, 9.17) is 9.15 Å². The molecule has 2 aromatic carbocycles. The summed E-state index contributed by atoms with van der Waals surface area (Å²) < 4.78 is 11.3. The Balaban J connectivity index is 1.64. The highest BCUT2D eigenvalue weighted by molar-refractivity contribution is 6.00. The summed E-state index contributed by atoms with van der Waals surface area (Å²) in [6.07, 6.45) is 6.78. The molecule has 0 radical (unpaired) electrons. The first-order valence-corrected chi connectivity index (χ1v) is 9.66. The number of carbonyl (C=O) groups is 1. The highest BCUT2D eigenvalue weighted by Crippen LogP contribution is 2.37. The lowest BCUT2D eigenvalue weighted by molar-refractivity contribution is -0.116. The summed E-state index contributed by atoms with van der Waals surface area (Å²) in [6, 6.07) is 17.7. The molecule has 4 aromatic rings. The van der Waals surface area contributed by atoms with Crippen molar-refractivity contribution in [1.82, 2.24) is 10.3 Å². The van der Waals surface area contributed by atoms with Gasteiger partial charge in [0.1, 0.15) is 11.3 Å². The topological polar surface area (TPSA) is 64.4 Å². The Morgan fingerprint density at radius 2 is 2.00 bits per heavy atom. The number of methoxy groups -OCH3 is 1. The normalized spacial score (nSPS) is 11.5. The summed E-state index contributed by atoms with van der Waals surface area (Å²) in [5, 5.41) is 3.86. The maximum absolute atomic E-state index is 12.4. The molecule has 150 valence electrons. The van der Waals surface area contributed by atoms with Crippen LogP contribution < -0.4 is 10.1 Å². The predicted octanol–water partition coefficient (Wildman–Crippen LogP) is 5.22. The van der Waals surface area contributed by atoms with E-state index in [1.807, 2.05) is 61.5 Å². The summed E-state index contributed by atoms with van der Waals surface area (Å²) in [4.78, 5) is 16.5. The van der Waals surface area contributed by atoms with Crippen LogP contribution in [0.4, 0.5) is 0 Å². The van der Waals surface area contributed by atoms with Crippen molar-refractivity contribution in [3.8, 4) is 16.9 Å². The second kappa shape index (κ2) is 8.66. The van der Waals surface area contributed by atoms with E-state index in [0.29, 0.717) is 12.3 Å². The zero-order valence-corrected chi connectivity index (χ0v) is 16.9. The third-order valence-electron chi connectivity index (χ3n) is 4.94. The Kier molecular flexibility index (Phi) is 5.61. The molecule has 0 bridgehead atoms. The number of benzene rings is 2. The highest BCUT2D eigenvalue weighted by atomic mass is 16.5. The van der Waals surface area contributed by atoms with Gasteiger partial charge in [0.15, 0.2) is 0 Å². The number of hydrogen-bond acceptors (Lipinski definition) is 4. The van der Waals surface area contributed by atoms with Gasteiger partial charge in [-0.3, -0.25) is 9.78 Å². The van der Waals surface area contributed by atoms with Gasteiger partial charge >= 0.3 is 0 Å². The first-order chi connectivity index (χ1) is 14.7. The lowest BCUT2D eigenvalue weighted by Gasteiger charge is -2.10. The van der Waals surface area contributed by atoms with Crippen LogP contribution in [0.25, 0.3) is 27.7 Å². The fourth-order valence-corrected chi connectivity index (χ4v) is 3.39. The zero-order valence-electron chi connectivity index (χ0n) is 16.9. The molecule has 2 heterocycles. The molecule has 30 heavy (non-hydrogen) atoms. The van der Waals surface area contributed by atoms with Crippen LogP contribution in [0.3, 0.4) is 0 Å². The molecule has 0 aliphatic heterocycles. The first kappa shape index (κ1) is 19.5. The molecular weight excluding hydrogens is 376 g/mol. The van der Waals surface area contributed by atoms with Crippen LogP contribution in [0.2, 0.25) is 0 Å². The summed E-state index contributed by atoms with van der Waals surface area (Å²) in [5.74, 6) is 0.485. The van der Waals surface area contributed by atoms with E-state index < -0.39 is 0 Å². The van der Waals surface area contributed by atoms with Gasteiger partial charge in [0.05, 0.1) is 13.4 Å². The molecule has 0 spiro atoms. The molecule has 0 aliphatic carbocycles. The molecule has 2 aromatic heterocycles. The van der Waals surface area contributed by atoms with Gasteiger partial charge in [-0.2, -0.15) is 0 Å². The highest BCUT2D eigenvalue weighted by Gasteiger charge is 2.14. The van der Waals surface area contributed by atoms with Crippen LogP contribution in [0.1, 0.15) is 18.1 Å². The van der Waals surface area contributed by atoms with Crippen LogP contribution in [-0.2, 0) is 11.3 Å². The molecule has 0 saturated carbocycles. The molecule has 0 fully saturated rings. The zero-order chi connectivity index (χ0) is 20.9. The number of allylic oxidation sites excluding steroid dienone is 1. The fraction of sp³-hybridized carbons (Fsp3) is 0.120. The van der Waals surface area contributed by atoms with Crippen molar-refractivity contribution in [3.05, 3.63) is 90.5 Å². The van der Waals surface area contributed by atoms with Crippen molar-refractivity contribution in [2.75, 3.05) is 7.11 Å². The second-order valence-corrected chi connectivity index (χ2v) is 6.97. The van der Waals surface area contributed by atoms with Gasteiger partial charge < -0.3 is 14.5 Å². The van der Waals surface area contributed by atoms with E-state index in [9.17, 15) is 4.79 Å². The standard InChI is InChI=1S/C25H22N2O3/c1-17(11-25(28)27-15-18-7-6-10-26-14-18)20-12-21-22(19-8-4-3-5-9-19)16-30-24(21)13-23(20)29-2/h3-14,16H,15H2,1-2H3,(H,27,28)/b17-11+. The van der Waals surface area contributed by atoms with E-state index in [2.05, 4.69) is 10.3 Å². The van der Waals surface area contributed by atoms with Gasteiger partial charge in [-0.25, -0.2) is 0 Å². The Morgan fingerprint density at radius 1 is 1.17 bits per heavy atom. The number of carbonyl (C=O) groups excluding carboxylic acids is 1. The molecular formula is C25H22N2O3. The number of pyridine rings is 1. The number of aromatic nitrogens is 1. The van der Waals surface area contributed by atoms with Crippen molar-refractivity contribution < 1.29 is 13.9 Å². The Morgan fingerprint density at radius 3 is 2.73 bits per heavy atom. The van der Waals surface area contributed by atoms with Gasteiger partial charge in [-0.15, -0.1) is 0 Å². The van der Waals surface area contributed by atoms with E-state index in [1.165, 1.54) is 0 Å². The van der Waals surface area contributed by atoms with Gasteiger partial charge in [0.2, 0.25) is 5.91 Å². The van der Waals surface area contributed by atoms with Crippen LogP contribution >= 0.6 is 0 Å². The van der Waals surface area contributed by atoms with Crippen LogP contribution in [0.5, 0.6) is 5.75 Å². The van der Waals surface area contributed by atoms with Crippen molar-refractivity contribution in [2.45, 2.75) is 13.5 Å². The Hall–Kier alpha value is -3.86. The van der Waals surface area contributed by atoms with Crippen LogP contribution in [-0.4, -0.2) is 18.0 Å². The summed E-state index contributed by atoms with van der Waals surface area (Å²) in [5.41, 5.74) is 5.41. The number of fused-ring (bicyclic) bond motifs is 1. The number of nitrogens with zero attached hydrogens (tertiary/aromatic N) is 1. The minimum Gasteiger partial charge on any atom is -0.496 e. The number of amides is 1. The van der Waals surface area contributed by atoms with Crippen molar-refractivity contribution in [1.29, 1.82) is 0 Å². The molecule has 1 N–H and O–H groups in total. The van der Waals surface area contributed by atoms with Gasteiger partial charge in [0, 0.05) is 47.6 Å². The SMILES string of the molecule is COc1cc2occ(-c3ccccc3)c2cc1/C(C)=C/C(=O)NCc1cccnc1. The first-order valence-electron chi connectivity index (χ1n) is 9.66. The molecule has 0 atom stereocenters. The largest absolute Gasteiger partial charge is 0.496 e. The fourth-order valence-electron chi connectivity index (χ4n) is 3.39. The number of ether oxygens (including phenoxy) is 1. The molecule has 0 saturated heterocycles. The lowest BCUT2D eigenvalue weighted by atomic mass is 9.99. The minimum absolute atomic E-state index is 0.172. The number of rotatable bonds is 6. The van der Waals surface area contributed by atoms with Gasteiger partial charge in [0.25, 0.3) is 0 Å². The number of hydrogen-bond donors (Lipinski definition) is 1. The van der Waals surface area contributed by atoms with Crippen molar-refractivity contribution in [2.24, 2.45) is 0 Å². The van der Waals surface area contributed by atoms with Crippen molar-refractivity contribution >= 4 is 22.4 Å². The number of furan rings is 1. The maximum atomic E-state index is 12.4. The molecule has 0 aliphatic rings. The van der Waals surface area contributed by atoms with E-state index in [0.717, 1.165) is 38.8 Å². The molecule has 1 amide bonds. The third kappa shape index (κ3) is 4.10. The maximum Gasteiger partial charge on any atom is 0.244 e. The third-order valence-corrected chi connectivity index (χ3v) is 4.94. The Labute approximate surface area is 175 Å². The quantitative estimate of drug-likeness (QED) is 0.452.